The molecule has 5 saturated heterocycles. The molecule has 0 radical (unpaired) electrons. The van der Waals surface area contributed by atoms with Gasteiger partial charge < -0.3 is 149 Å². The first-order chi connectivity index (χ1) is 42.3. The fraction of sp³-hybridized carbons (Fsp3) is 0.895. The maximum absolute atomic E-state index is 13.2. The van der Waals surface area contributed by atoms with Crippen LogP contribution < -0.4 is 0 Å². The maximum Gasteiger partial charge on any atom is 0.330 e. The van der Waals surface area contributed by atoms with Crippen LogP contribution >= 0.6 is 0 Å². The molecule has 0 spiro atoms. The second-order valence-corrected chi connectivity index (χ2v) is 25.3. The number of rotatable bonds is 19. The van der Waals surface area contributed by atoms with Crippen LogP contribution in [0.3, 0.4) is 0 Å². The zero-order valence-corrected chi connectivity index (χ0v) is 48.7. The third kappa shape index (κ3) is 16.7. The predicted octanol–water partition coefficient (Wildman–Crippen LogP) is -8.78. The third-order valence-corrected chi connectivity index (χ3v) is 19.2. The molecular weight excluding hydrogens is 1200 g/mol. The van der Waals surface area contributed by atoms with Crippen LogP contribution in [0.1, 0.15) is 77.0 Å². The first-order valence-corrected chi connectivity index (χ1v) is 30.8. The van der Waals surface area contributed by atoms with Gasteiger partial charge in [0.2, 0.25) is 0 Å². The van der Waals surface area contributed by atoms with Gasteiger partial charge in [-0.15, -0.1) is 0 Å². The van der Waals surface area contributed by atoms with Gasteiger partial charge in [-0.1, -0.05) is 12.2 Å². The summed E-state index contributed by atoms with van der Waals surface area (Å²) in [6.45, 7) is -2.98. The average molecular weight is 1290 g/mol. The van der Waals surface area contributed by atoms with Crippen LogP contribution in [-0.4, -0.2) is 330 Å². The summed E-state index contributed by atoms with van der Waals surface area (Å²) in [6, 6.07) is 0. The molecule has 510 valence electrons. The minimum absolute atomic E-state index is 0.0119. The molecule has 9 aliphatic rings. The number of carbonyl (C=O) groups is 2. The molecule has 32 nitrogen and oxygen atoms in total. The highest BCUT2D eigenvalue weighted by Gasteiger charge is 2.58. The number of ether oxygens (including phenoxy) is 11. The van der Waals surface area contributed by atoms with Crippen molar-refractivity contribution >= 4 is 11.9 Å². The van der Waals surface area contributed by atoms with Crippen molar-refractivity contribution in [2.45, 2.75) is 267 Å². The van der Waals surface area contributed by atoms with Crippen molar-refractivity contribution in [3.63, 3.8) is 0 Å². The monoisotopic (exact) mass is 1290 g/mol. The van der Waals surface area contributed by atoms with E-state index in [4.69, 9.17) is 52.1 Å². The summed E-state index contributed by atoms with van der Waals surface area (Å²) >= 11 is 0. The molecule has 35 atom stereocenters. The van der Waals surface area contributed by atoms with E-state index in [1.165, 1.54) is 12.2 Å². The highest BCUT2D eigenvalue weighted by Crippen LogP contribution is 2.45. The second-order valence-electron chi connectivity index (χ2n) is 25.3. The average Bonchev–Trinajstić information content (AvgIpc) is 1.10. The fourth-order valence-corrected chi connectivity index (χ4v) is 13.8. The first-order valence-electron chi connectivity index (χ1n) is 30.8. The highest BCUT2D eigenvalue weighted by molar-refractivity contribution is 5.82. The van der Waals surface area contributed by atoms with Crippen molar-refractivity contribution in [1.82, 2.24) is 0 Å². The highest BCUT2D eigenvalue weighted by atomic mass is 16.8. The molecule has 0 aromatic rings. The van der Waals surface area contributed by atoms with Gasteiger partial charge in [-0.3, -0.25) is 0 Å². The van der Waals surface area contributed by atoms with Gasteiger partial charge in [0.15, 0.2) is 37.4 Å². The lowest BCUT2D eigenvalue weighted by Gasteiger charge is -2.50. The van der Waals surface area contributed by atoms with Gasteiger partial charge in [0.05, 0.1) is 68.0 Å². The van der Waals surface area contributed by atoms with Crippen molar-refractivity contribution < 1.29 is 159 Å². The van der Waals surface area contributed by atoms with Crippen LogP contribution in [0, 0.1) is 23.7 Å². The Morgan fingerprint density at radius 1 is 0.404 bits per heavy atom. The van der Waals surface area contributed by atoms with E-state index in [1.807, 2.05) is 0 Å². The predicted molar refractivity (Wildman–Crippen MR) is 290 cm³/mol. The summed E-state index contributed by atoms with van der Waals surface area (Å²) in [5, 5.41) is 204. The Morgan fingerprint density at radius 3 is 1.39 bits per heavy atom. The zero-order valence-electron chi connectivity index (χ0n) is 48.7. The first kappa shape index (κ1) is 70.6. The minimum Gasteiger partial charge on any atom is -0.460 e. The van der Waals surface area contributed by atoms with Crippen LogP contribution in [-0.2, 0) is 57.0 Å². The Hall–Kier alpha value is -2.70. The van der Waals surface area contributed by atoms with Crippen LogP contribution in [0.15, 0.2) is 24.3 Å². The number of aliphatic hydroxyl groups is 21. The Bertz CT molecular complexity index is 2300. The van der Waals surface area contributed by atoms with Crippen LogP contribution in [0.4, 0.5) is 0 Å². The van der Waals surface area contributed by atoms with Crippen molar-refractivity contribution in [1.29, 1.82) is 0 Å². The maximum atomic E-state index is 13.2. The Morgan fingerprint density at radius 2 is 0.854 bits per heavy atom. The second kappa shape index (κ2) is 31.2. The largest absolute Gasteiger partial charge is 0.460 e. The molecule has 9 fully saturated rings. The van der Waals surface area contributed by atoms with Crippen molar-refractivity contribution in [3.8, 4) is 0 Å². The van der Waals surface area contributed by atoms with Gasteiger partial charge in [-0.25, -0.2) is 9.59 Å². The van der Waals surface area contributed by atoms with Gasteiger partial charge in [0.25, 0.3) is 0 Å². The number of fused-ring (bicyclic) bond motifs is 1. The van der Waals surface area contributed by atoms with Gasteiger partial charge in [-0.05, 0) is 76.0 Å². The van der Waals surface area contributed by atoms with E-state index < -0.39 is 246 Å². The van der Waals surface area contributed by atoms with Gasteiger partial charge in [0.1, 0.15) is 117 Å². The normalized spacial score (nSPS) is 50.1. The minimum atomic E-state index is -2.12. The molecule has 32 heteroatoms. The molecule has 20 N–H and O–H groups in total. The summed E-state index contributed by atoms with van der Waals surface area (Å²) in [6.07, 6.45) is -39.6. The molecule has 89 heavy (non-hydrogen) atoms. The van der Waals surface area contributed by atoms with Crippen LogP contribution in [0.25, 0.3) is 0 Å². The number of esters is 2. The summed E-state index contributed by atoms with van der Waals surface area (Å²) in [5.41, 5.74) is 0. The number of hydrogen-bond donors (Lipinski definition) is 19. The fourth-order valence-electron chi connectivity index (χ4n) is 13.8. The summed E-state index contributed by atoms with van der Waals surface area (Å²) in [5.74, 6) is -3.86. The molecule has 5 heterocycles. The van der Waals surface area contributed by atoms with E-state index in [0.29, 0.717) is 19.3 Å². The Kier molecular flexibility index (Phi) is 24.8. The van der Waals surface area contributed by atoms with Gasteiger partial charge in [0, 0.05) is 30.9 Å². The van der Waals surface area contributed by atoms with Crippen molar-refractivity contribution in [2.24, 2.45) is 23.7 Å². The lowest BCUT2D eigenvalue weighted by Crippen LogP contribution is -2.66. The molecule has 35 unspecified atom stereocenters. The smallest absolute Gasteiger partial charge is 0.330 e. The quantitative estimate of drug-likeness (QED) is 0.0324. The molecule has 0 amide bonds. The third-order valence-electron chi connectivity index (χ3n) is 19.2. The summed E-state index contributed by atoms with van der Waals surface area (Å²) < 4.78 is 64.4. The van der Waals surface area contributed by atoms with Crippen LogP contribution in [0.2, 0.25) is 0 Å². The number of carbonyl (C=O) groups excluding carboxylic acids is 2. The lowest BCUT2D eigenvalue weighted by atomic mass is 9.72. The van der Waals surface area contributed by atoms with E-state index in [0.717, 1.165) is 12.2 Å². The van der Waals surface area contributed by atoms with Gasteiger partial charge >= 0.3 is 11.9 Å². The van der Waals surface area contributed by atoms with E-state index in [1.54, 1.807) is 0 Å². The molecule has 0 aromatic carbocycles. The lowest BCUT2D eigenvalue weighted by molar-refractivity contribution is -0.390. The molecule has 0 aromatic heterocycles. The molecule has 4 saturated carbocycles. The number of aliphatic hydroxyl groups excluding tert-OH is 19. The van der Waals surface area contributed by atoms with E-state index in [-0.39, 0.29) is 63.7 Å². The standard InChI is InChI=1S/C57H90O32/c58-17-35-41(68)45(72)49(76)54(85-35)82-32-15-24(60)14-31-25(32)16-34(52(81-31)23-5-8-27(62)30(65)13-23)84-57-53(48(75)44(71)38(88-57)20-80-39(66)9-3-21-1-6-26(61)29(64)11-21)89-56-51(78)47(74)43(70)37(87-56)19-79-40(67)10-4-22-2-7-28(63)33(12-22)83-55-50(77)46(73)42(69)36(18-59)86-55/h3-4,9-10,21-38,41-65,68-78H,1-2,5-8,11-20H2/p+1. The molecule has 5 aliphatic heterocycles. The molecule has 0 bridgehead atoms. The van der Waals surface area contributed by atoms with E-state index in [2.05, 4.69) is 0 Å². The molecular formula is C57H91O32+. The number of allylic oxidation sites excluding steroid dienone is 2. The number of hydrogen-bond acceptors (Lipinski definition) is 31. The Balaban J connectivity index is 0.921. The molecule has 4 aliphatic carbocycles. The van der Waals surface area contributed by atoms with Gasteiger partial charge in [-0.2, -0.15) is 0 Å². The zero-order chi connectivity index (χ0) is 64.3. The van der Waals surface area contributed by atoms with Crippen molar-refractivity contribution in [2.75, 3.05) is 26.4 Å². The van der Waals surface area contributed by atoms with Crippen LogP contribution in [0.5, 0.6) is 0 Å². The molecule has 9 rings (SSSR count). The Labute approximate surface area is 510 Å². The van der Waals surface area contributed by atoms with E-state index in [9.17, 15) is 107 Å². The van der Waals surface area contributed by atoms with Crippen molar-refractivity contribution in [3.05, 3.63) is 24.3 Å². The SMILES string of the molecule is O=C(C=CC1CCC(O)C(OC2OC(CO)C(O)C(O)C2O)C1)OCC1OC(OC2C(OC3CC4C(OC5OC(CO)C(O)C(O)C5O)CC(O)CC4[OH+]C3C3CCC(O)C(O)C3)OC(COC(=O)C=CC3CCC(O)C(O)C3)C(O)C2O)C(O)C(O)C1O. The summed E-state index contributed by atoms with van der Waals surface area (Å²) in [4.78, 5) is 26.4. The van der Waals surface area contributed by atoms with E-state index >= 15 is 0 Å². The summed E-state index contributed by atoms with van der Waals surface area (Å²) in [7, 11) is 0. The topological polar surface area (TPSA) is 524 Å².